The molecule has 52 heavy (non-hydrogen) atoms. The first-order valence-electron chi connectivity index (χ1n) is 18.2. The number of anilines is 8. The first kappa shape index (κ1) is 30.3. The molecule has 1 aliphatic carbocycles. The van der Waals surface area contributed by atoms with Crippen LogP contribution in [0.15, 0.2) is 200 Å². The third-order valence-electron chi connectivity index (χ3n) is 10.7. The molecule has 7 aromatic carbocycles. The Hall–Kier alpha value is -6.52. The van der Waals surface area contributed by atoms with Gasteiger partial charge in [0.15, 0.2) is 0 Å². The van der Waals surface area contributed by atoms with Crippen molar-refractivity contribution in [1.82, 2.24) is 0 Å². The van der Waals surface area contributed by atoms with Gasteiger partial charge in [-0.1, -0.05) is 140 Å². The van der Waals surface area contributed by atoms with Gasteiger partial charge >= 0.3 is 0 Å². The Morgan fingerprint density at radius 1 is 0.481 bits per heavy atom. The Kier molecular flexibility index (Phi) is 7.39. The molecule has 3 nitrogen and oxygen atoms in total. The number of nitrogens with zero attached hydrogens (tertiary/aromatic N) is 3. The van der Waals surface area contributed by atoms with Crippen LogP contribution in [0.3, 0.4) is 0 Å². The van der Waals surface area contributed by atoms with Crippen molar-refractivity contribution in [3.8, 4) is 11.1 Å². The van der Waals surface area contributed by atoms with Gasteiger partial charge in [0.05, 0.1) is 11.7 Å². The van der Waals surface area contributed by atoms with Crippen molar-refractivity contribution in [2.24, 2.45) is 0 Å². The van der Waals surface area contributed by atoms with Gasteiger partial charge in [0.25, 0.3) is 6.71 Å². The van der Waals surface area contributed by atoms with Crippen LogP contribution in [0.5, 0.6) is 0 Å². The largest absolute Gasteiger partial charge is 0.335 e. The zero-order chi connectivity index (χ0) is 34.4. The number of rotatable bonds is 6. The second kappa shape index (κ2) is 12.7. The lowest BCUT2D eigenvalue weighted by Gasteiger charge is -2.46. The Labute approximate surface area is 306 Å². The third kappa shape index (κ3) is 4.98. The van der Waals surface area contributed by atoms with Crippen molar-refractivity contribution < 1.29 is 0 Å². The Morgan fingerprint density at radius 2 is 1.12 bits per heavy atom. The normalized spacial score (nSPS) is 15.2. The zero-order valence-corrected chi connectivity index (χ0v) is 28.8. The quantitative estimate of drug-likeness (QED) is 0.164. The molecule has 3 aliphatic rings. The fraction of sp³-hybridized carbons (Fsp3) is 0.0417. The molecule has 0 N–H and O–H groups in total. The second-order valence-electron chi connectivity index (χ2n) is 13.7. The third-order valence-corrected chi connectivity index (χ3v) is 10.7. The van der Waals surface area contributed by atoms with Gasteiger partial charge < -0.3 is 14.7 Å². The molecule has 0 radical (unpaired) electrons. The highest BCUT2D eigenvalue weighted by Crippen LogP contribution is 2.47. The van der Waals surface area contributed by atoms with Gasteiger partial charge in [-0.05, 0) is 94.6 Å². The first-order valence-corrected chi connectivity index (χ1v) is 18.2. The lowest BCUT2D eigenvalue weighted by molar-refractivity contribution is 0.787. The topological polar surface area (TPSA) is 9.72 Å². The molecule has 10 rings (SSSR count). The van der Waals surface area contributed by atoms with Crippen molar-refractivity contribution >= 4 is 68.6 Å². The van der Waals surface area contributed by atoms with Gasteiger partial charge in [-0.3, -0.25) is 0 Å². The highest BCUT2D eigenvalue weighted by atomic mass is 15.2. The smallest absolute Gasteiger partial charge is 0.252 e. The van der Waals surface area contributed by atoms with Crippen molar-refractivity contribution in [3.05, 3.63) is 200 Å². The van der Waals surface area contributed by atoms with Gasteiger partial charge in [0.1, 0.15) is 0 Å². The van der Waals surface area contributed by atoms with E-state index in [-0.39, 0.29) is 12.8 Å². The minimum absolute atomic E-state index is 0.0511. The Balaban J connectivity index is 1.31. The van der Waals surface area contributed by atoms with E-state index < -0.39 is 0 Å². The maximum atomic E-state index is 2.61. The number of hydrogen-bond acceptors (Lipinski definition) is 3. The maximum Gasteiger partial charge on any atom is 0.252 e. The van der Waals surface area contributed by atoms with Crippen LogP contribution < -0.4 is 31.1 Å². The number of fused-ring (bicyclic) bond motifs is 4. The fourth-order valence-electron chi connectivity index (χ4n) is 8.48. The predicted molar refractivity (Wildman–Crippen MR) is 221 cm³/mol. The van der Waals surface area contributed by atoms with Crippen LogP contribution in [0, 0.1) is 0 Å². The number of hydrogen-bond donors (Lipinski definition) is 0. The number of allylic oxidation sites excluding steroid dienone is 2. The van der Waals surface area contributed by atoms with Crippen LogP contribution in [-0.2, 0) is 0 Å². The fourth-order valence-corrected chi connectivity index (χ4v) is 8.48. The van der Waals surface area contributed by atoms with Crippen molar-refractivity contribution in [1.29, 1.82) is 0 Å². The summed E-state index contributed by atoms with van der Waals surface area (Å²) in [5, 5.41) is 0. The van der Waals surface area contributed by atoms with Gasteiger partial charge in [-0.2, -0.15) is 0 Å². The van der Waals surface area contributed by atoms with Crippen LogP contribution in [-0.4, -0.2) is 12.8 Å². The molecular formula is C48H36BN3. The van der Waals surface area contributed by atoms with Gasteiger partial charge in [0.2, 0.25) is 0 Å². The lowest BCUT2D eigenvalue weighted by Crippen LogP contribution is -2.62. The molecule has 246 valence electrons. The van der Waals surface area contributed by atoms with E-state index in [1.165, 1.54) is 50.3 Å². The molecule has 2 aliphatic heterocycles. The van der Waals surface area contributed by atoms with E-state index in [0.29, 0.717) is 0 Å². The van der Waals surface area contributed by atoms with E-state index >= 15 is 0 Å². The molecule has 2 heterocycles. The van der Waals surface area contributed by atoms with E-state index in [1.807, 2.05) is 0 Å². The minimum Gasteiger partial charge on any atom is -0.335 e. The van der Waals surface area contributed by atoms with E-state index in [1.54, 1.807) is 0 Å². The predicted octanol–water partition coefficient (Wildman–Crippen LogP) is 10.5. The first-order chi connectivity index (χ1) is 25.8. The molecular weight excluding hydrogens is 629 g/mol. The number of para-hydroxylation sites is 4. The SMILES string of the molecule is C1=CCC(N2c3ccccc3B3c4cc(-c5ccccc5)ccc4N(c4ccccc4)c4cc(N(c5ccccc5)c5ccccc5)cc2c43)C=C1. The monoisotopic (exact) mass is 665 g/mol. The average Bonchev–Trinajstić information content (AvgIpc) is 3.22. The molecule has 0 fully saturated rings. The van der Waals surface area contributed by atoms with E-state index in [0.717, 1.165) is 29.2 Å². The van der Waals surface area contributed by atoms with Crippen LogP contribution >= 0.6 is 0 Å². The second-order valence-corrected chi connectivity index (χ2v) is 13.7. The number of benzene rings is 7. The summed E-state index contributed by atoms with van der Waals surface area (Å²) in [5.74, 6) is 0. The molecule has 0 amide bonds. The maximum absolute atomic E-state index is 2.61. The summed E-state index contributed by atoms with van der Waals surface area (Å²) >= 11 is 0. The average molecular weight is 666 g/mol. The van der Waals surface area contributed by atoms with Crippen LogP contribution in [0.25, 0.3) is 11.1 Å². The highest BCUT2D eigenvalue weighted by molar-refractivity contribution is 7.00. The molecule has 0 aromatic heterocycles. The minimum atomic E-state index is 0.0511. The molecule has 7 aromatic rings. The summed E-state index contributed by atoms with van der Waals surface area (Å²) in [6.07, 6.45) is 9.98. The van der Waals surface area contributed by atoms with Crippen molar-refractivity contribution in [2.45, 2.75) is 12.5 Å². The Morgan fingerprint density at radius 3 is 1.81 bits per heavy atom. The van der Waals surface area contributed by atoms with Crippen LogP contribution in [0.4, 0.5) is 45.5 Å². The summed E-state index contributed by atoms with van der Waals surface area (Å²) in [6.45, 7) is 0.0511. The lowest BCUT2D eigenvalue weighted by atomic mass is 9.33. The summed E-state index contributed by atoms with van der Waals surface area (Å²) in [7, 11) is 0. The molecule has 1 unspecified atom stereocenters. The molecule has 0 saturated carbocycles. The van der Waals surface area contributed by atoms with E-state index in [2.05, 4.69) is 215 Å². The summed E-state index contributed by atoms with van der Waals surface area (Å²) in [4.78, 5) is 7.51. The van der Waals surface area contributed by atoms with Gasteiger partial charge in [-0.15, -0.1) is 0 Å². The molecule has 4 heteroatoms. The van der Waals surface area contributed by atoms with Gasteiger partial charge in [-0.25, -0.2) is 0 Å². The summed E-state index contributed by atoms with van der Waals surface area (Å²) in [5.41, 5.74) is 15.9. The molecule has 0 spiro atoms. The van der Waals surface area contributed by atoms with E-state index in [9.17, 15) is 0 Å². The summed E-state index contributed by atoms with van der Waals surface area (Å²) < 4.78 is 0. The van der Waals surface area contributed by atoms with Gasteiger partial charge in [0, 0.05) is 39.8 Å². The van der Waals surface area contributed by atoms with E-state index in [4.69, 9.17) is 0 Å². The highest BCUT2D eigenvalue weighted by Gasteiger charge is 2.44. The Bertz CT molecular complexity index is 2420. The van der Waals surface area contributed by atoms with Crippen molar-refractivity contribution in [3.63, 3.8) is 0 Å². The molecule has 0 bridgehead atoms. The zero-order valence-electron chi connectivity index (χ0n) is 28.8. The molecule has 1 atom stereocenters. The summed E-state index contributed by atoms with van der Waals surface area (Å²) in [6, 6.07) is 64.4. The molecule has 0 saturated heterocycles. The van der Waals surface area contributed by atoms with Crippen molar-refractivity contribution in [2.75, 3.05) is 14.7 Å². The van der Waals surface area contributed by atoms with Crippen LogP contribution in [0.1, 0.15) is 6.42 Å². The standard InChI is InChI=1S/C48H36BN3/c1-6-18-35(19-7-1)36-30-31-45-43(32-36)49-42-28-16-17-29-44(42)51(39-24-12-4-13-25-39)46-33-41(34-47(48(46)49)52(45)40-26-14-5-15-27-40)50(37-20-8-2-9-21-37)38-22-10-3-11-23-38/h1-24,26-34,39H,25H2. The van der Waals surface area contributed by atoms with Crippen LogP contribution in [0.2, 0.25) is 0 Å².